The number of ether oxygens (including phenoxy) is 1. The van der Waals surface area contributed by atoms with Crippen molar-refractivity contribution >= 4 is 17.6 Å². The number of esters is 1. The Hall–Kier alpha value is -1.87. The van der Waals surface area contributed by atoms with Crippen LogP contribution in [0.25, 0.3) is 0 Å². The predicted octanol–water partition coefficient (Wildman–Crippen LogP) is 3.96. The lowest BCUT2D eigenvalue weighted by atomic mass is 10.1. The summed E-state index contributed by atoms with van der Waals surface area (Å²) in [6.45, 7) is 0.268. The van der Waals surface area contributed by atoms with Crippen molar-refractivity contribution in [3.05, 3.63) is 71.0 Å². The van der Waals surface area contributed by atoms with Crippen LogP contribution in [0, 0.1) is 5.82 Å². The topological polar surface area (TPSA) is 26.3 Å². The van der Waals surface area contributed by atoms with E-state index in [1.54, 1.807) is 0 Å². The quantitative estimate of drug-likeness (QED) is 0.616. The predicted molar refractivity (Wildman–Crippen MR) is 76.4 cm³/mol. The second-order valence-corrected chi connectivity index (χ2v) is 4.56. The molecule has 20 heavy (non-hydrogen) atoms. The van der Waals surface area contributed by atoms with Gasteiger partial charge in [0.05, 0.1) is 12.2 Å². The summed E-state index contributed by atoms with van der Waals surface area (Å²) in [5.74, 6) is -0.395. The van der Waals surface area contributed by atoms with E-state index in [0.29, 0.717) is 17.9 Å². The van der Waals surface area contributed by atoms with Crippen molar-refractivity contribution in [2.24, 2.45) is 0 Å². The molecule has 0 N–H and O–H groups in total. The lowest BCUT2D eigenvalue weighted by molar-refractivity contribution is 0.0509. The molecule has 0 aromatic heterocycles. The van der Waals surface area contributed by atoms with E-state index in [2.05, 4.69) is 0 Å². The van der Waals surface area contributed by atoms with Crippen molar-refractivity contribution < 1.29 is 13.9 Å². The monoisotopic (exact) mass is 292 g/mol. The zero-order valence-corrected chi connectivity index (χ0v) is 11.6. The molecule has 0 amide bonds. The molecule has 0 bridgehead atoms. The molecule has 0 aliphatic carbocycles. The number of hydrogen-bond acceptors (Lipinski definition) is 2. The van der Waals surface area contributed by atoms with Crippen LogP contribution >= 0.6 is 11.6 Å². The van der Waals surface area contributed by atoms with Crippen molar-refractivity contribution in [2.75, 3.05) is 6.61 Å². The number of benzene rings is 2. The summed E-state index contributed by atoms with van der Waals surface area (Å²) >= 11 is 5.84. The molecule has 0 saturated carbocycles. The number of hydrogen-bond donors (Lipinski definition) is 0. The van der Waals surface area contributed by atoms with Gasteiger partial charge in [-0.05, 0) is 35.4 Å². The second kappa shape index (κ2) is 7.06. The molecule has 4 heteroatoms. The summed E-state index contributed by atoms with van der Waals surface area (Å²) in [6.07, 6.45) is 0.607. The van der Waals surface area contributed by atoms with Gasteiger partial charge in [0.15, 0.2) is 0 Å². The first kappa shape index (κ1) is 14.5. The highest BCUT2D eigenvalue weighted by Gasteiger charge is 2.07. The van der Waals surface area contributed by atoms with Gasteiger partial charge >= 0.3 is 5.97 Å². The third kappa shape index (κ3) is 3.81. The first-order valence-electron chi connectivity index (χ1n) is 6.26. The average molecular weight is 293 g/mol. The van der Waals surface area contributed by atoms with Crippen LogP contribution in [-0.4, -0.2) is 12.6 Å². The molecule has 0 atom stereocenters. The van der Waals surface area contributed by atoms with Crippen molar-refractivity contribution in [2.45, 2.75) is 12.3 Å². The van der Waals surface area contributed by atoms with Gasteiger partial charge in [-0.2, -0.15) is 0 Å². The largest absolute Gasteiger partial charge is 0.462 e. The number of carbonyl (C=O) groups excluding carboxylic acids is 1. The number of rotatable bonds is 5. The molecule has 0 heterocycles. The van der Waals surface area contributed by atoms with Crippen LogP contribution in [0.15, 0.2) is 48.5 Å². The minimum absolute atomic E-state index is 0.268. The number of halogens is 2. The van der Waals surface area contributed by atoms with E-state index in [0.717, 1.165) is 11.1 Å². The summed E-state index contributed by atoms with van der Waals surface area (Å²) in [5.41, 5.74) is 2.44. The van der Waals surface area contributed by atoms with Gasteiger partial charge in [-0.3, -0.25) is 0 Å². The highest BCUT2D eigenvalue weighted by molar-refractivity contribution is 6.17. The van der Waals surface area contributed by atoms with Crippen molar-refractivity contribution in [3.8, 4) is 0 Å². The molecule has 2 aromatic rings. The maximum Gasteiger partial charge on any atom is 0.338 e. The zero-order chi connectivity index (χ0) is 14.4. The van der Waals surface area contributed by atoms with E-state index in [4.69, 9.17) is 16.3 Å². The number of alkyl halides is 1. The lowest BCUT2D eigenvalue weighted by Gasteiger charge is -2.08. The maximum atomic E-state index is 12.7. The molecule has 2 nitrogen and oxygen atoms in total. The van der Waals surface area contributed by atoms with Crippen LogP contribution in [0.5, 0.6) is 0 Å². The van der Waals surface area contributed by atoms with Gasteiger partial charge in [-0.1, -0.05) is 24.3 Å². The van der Waals surface area contributed by atoms with Gasteiger partial charge in [0.2, 0.25) is 0 Å². The van der Waals surface area contributed by atoms with E-state index >= 15 is 0 Å². The molecule has 2 rings (SSSR count). The Morgan fingerprint density at radius 3 is 2.35 bits per heavy atom. The Bertz CT molecular complexity index is 581. The standard InChI is InChI=1S/C16H14ClFO2/c17-11-14-4-2-1-3-12(14)9-10-20-16(19)13-5-7-15(18)8-6-13/h1-8H,9-11H2. The van der Waals surface area contributed by atoms with Crippen LogP contribution in [0.2, 0.25) is 0 Å². The fraction of sp³-hybridized carbons (Fsp3) is 0.188. The summed E-state index contributed by atoms with van der Waals surface area (Å²) in [6, 6.07) is 13.0. The molecule has 0 aliphatic rings. The average Bonchev–Trinajstić information content (AvgIpc) is 2.48. The van der Waals surface area contributed by atoms with E-state index in [-0.39, 0.29) is 12.4 Å². The van der Waals surface area contributed by atoms with E-state index in [1.165, 1.54) is 24.3 Å². The smallest absolute Gasteiger partial charge is 0.338 e. The van der Waals surface area contributed by atoms with Gasteiger partial charge < -0.3 is 4.74 Å². The van der Waals surface area contributed by atoms with Crippen LogP contribution in [0.1, 0.15) is 21.5 Å². The Kier molecular flexibility index (Phi) is 5.13. The first-order chi connectivity index (χ1) is 9.70. The van der Waals surface area contributed by atoms with Gasteiger partial charge in [0.25, 0.3) is 0 Å². The minimum Gasteiger partial charge on any atom is -0.462 e. The minimum atomic E-state index is -0.451. The van der Waals surface area contributed by atoms with Crippen LogP contribution in [-0.2, 0) is 17.0 Å². The van der Waals surface area contributed by atoms with Gasteiger partial charge in [0.1, 0.15) is 5.82 Å². The maximum absolute atomic E-state index is 12.7. The molecule has 0 unspecified atom stereocenters. The molecule has 0 spiro atoms. The molecule has 104 valence electrons. The first-order valence-corrected chi connectivity index (χ1v) is 6.79. The molecular formula is C16H14ClFO2. The molecule has 0 saturated heterocycles. The fourth-order valence-corrected chi connectivity index (χ4v) is 2.12. The van der Waals surface area contributed by atoms with E-state index in [1.807, 2.05) is 24.3 Å². The summed E-state index contributed by atoms with van der Waals surface area (Å²) in [4.78, 5) is 11.7. The van der Waals surface area contributed by atoms with Gasteiger partial charge in [-0.15, -0.1) is 11.6 Å². The van der Waals surface area contributed by atoms with Crippen LogP contribution in [0.3, 0.4) is 0 Å². The number of carbonyl (C=O) groups is 1. The van der Waals surface area contributed by atoms with E-state index < -0.39 is 5.97 Å². The highest BCUT2D eigenvalue weighted by Crippen LogP contribution is 2.12. The Morgan fingerprint density at radius 2 is 1.70 bits per heavy atom. The normalized spacial score (nSPS) is 10.3. The molecule has 0 aliphatic heterocycles. The molecular weight excluding hydrogens is 279 g/mol. The molecule has 2 aromatic carbocycles. The third-order valence-corrected chi connectivity index (χ3v) is 3.23. The van der Waals surface area contributed by atoms with Gasteiger partial charge in [0, 0.05) is 12.3 Å². The summed E-state index contributed by atoms with van der Waals surface area (Å²) < 4.78 is 17.9. The Morgan fingerprint density at radius 1 is 1.05 bits per heavy atom. The second-order valence-electron chi connectivity index (χ2n) is 4.30. The third-order valence-electron chi connectivity index (χ3n) is 2.95. The lowest BCUT2D eigenvalue weighted by Crippen LogP contribution is -2.09. The van der Waals surface area contributed by atoms with E-state index in [9.17, 15) is 9.18 Å². The van der Waals surface area contributed by atoms with Crippen molar-refractivity contribution in [1.29, 1.82) is 0 Å². The Balaban J connectivity index is 1.89. The molecule has 0 radical (unpaired) electrons. The Labute approximate surface area is 122 Å². The zero-order valence-electron chi connectivity index (χ0n) is 10.8. The summed E-state index contributed by atoms with van der Waals surface area (Å²) in [5, 5.41) is 0. The molecule has 0 fully saturated rings. The van der Waals surface area contributed by atoms with Crippen molar-refractivity contribution in [3.63, 3.8) is 0 Å². The van der Waals surface area contributed by atoms with Crippen molar-refractivity contribution in [1.82, 2.24) is 0 Å². The van der Waals surface area contributed by atoms with Gasteiger partial charge in [-0.25, -0.2) is 9.18 Å². The SMILES string of the molecule is O=C(OCCc1ccccc1CCl)c1ccc(F)cc1. The fourth-order valence-electron chi connectivity index (χ4n) is 1.85. The summed E-state index contributed by atoms with van der Waals surface area (Å²) in [7, 11) is 0. The highest BCUT2D eigenvalue weighted by atomic mass is 35.5. The van der Waals surface area contributed by atoms with Crippen LogP contribution in [0.4, 0.5) is 4.39 Å². The van der Waals surface area contributed by atoms with Crippen LogP contribution < -0.4 is 0 Å².